The van der Waals surface area contributed by atoms with Crippen LogP contribution < -0.4 is 11.1 Å². The van der Waals surface area contributed by atoms with Crippen LogP contribution in [0.3, 0.4) is 0 Å². The molecule has 1 aliphatic carbocycles. The molecule has 3 atom stereocenters. The van der Waals surface area contributed by atoms with Gasteiger partial charge in [0.05, 0.1) is 17.6 Å². The summed E-state index contributed by atoms with van der Waals surface area (Å²) in [5.41, 5.74) is 7.72. The fourth-order valence-corrected chi connectivity index (χ4v) is 6.39. The van der Waals surface area contributed by atoms with Crippen LogP contribution in [0.15, 0.2) is 48.9 Å². The van der Waals surface area contributed by atoms with Crippen LogP contribution in [0, 0.1) is 18.2 Å². The highest BCUT2D eigenvalue weighted by molar-refractivity contribution is 6.04. The lowest BCUT2D eigenvalue weighted by atomic mass is 9.89. The topological polar surface area (TPSA) is 139 Å². The number of hydrogen-bond acceptors (Lipinski definition) is 7. The maximum Gasteiger partial charge on any atom is 0.256 e. The SMILES string of the molecule is Cc1ccnc(NC(=O)c2ccc(-c3nc([C@@H]4CC[C@H]5C(O)C6(CC6)C(=O)N5C4)n4ccnc(N)c34)c(F)c2)c1. The number of halogens is 1. The summed E-state index contributed by atoms with van der Waals surface area (Å²) >= 11 is 0. The van der Waals surface area contributed by atoms with Crippen molar-refractivity contribution >= 4 is 29.0 Å². The van der Waals surface area contributed by atoms with E-state index in [4.69, 9.17) is 10.7 Å². The molecule has 4 N–H and O–H groups in total. The summed E-state index contributed by atoms with van der Waals surface area (Å²) in [6.07, 6.45) is 7.12. The number of aliphatic hydroxyl groups excluding tert-OH is 1. The molecule has 0 bridgehead atoms. The molecule has 1 spiro atoms. The van der Waals surface area contributed by atoms with Crippen LogP contribution in [-0.4, -0.2) is 59.9 Å². The molecule has 3 aliphatic rings. The van der Waals surface area contributed by atoms with E-state index in [-0.39, 0.29) is 34.8 Å². The maximum absolute atomic E-state index is 15.6. The summed E-state index contributed by atoms with van der Waals surface area (Å²) in [6.45, 7) is 2.31. The number of anilines is 2. The Bertz CT molecular complexity index is 1700. The molecule has 4 aromatic rings. The minimum Gasteiger partial charge on any atom is -0.390 e. The second-order valence-corrected chi connectivity index (χ2v) is 11.1. The van der Waals surface area contributed by atoms with Gasteiger partial charge in [0.15, 0.2) is 0 Å². The van der Waals surface area contributed by atoms with Gasteiger partial charge >= 0.3 is 0 Å². The van der Waals surface area contributed by atoms with Gasteiger partial charge in [-0.15, -0.1) is 0 Å². The van der Waals surface area contributed by atoms with Crippen LogP contribution >= 0.6 is 0 Å². The number of amides is 2. The van der Waals surface area contributed by atoms with Crippen molar-refractivity contribution < 1.29 is 19.1 Å². The number of pyridine rings is 1. The second-order valence-electron chi connectivity index (χ2n) is 11.1. The molecular formula is C29H28FN7O3. The van der Waals surface area contributed by atoms with Crippen LogP contribution in [0.25, 0.3) is 16.8 Å². The van der Waals surface area contributed by atoms with Crippen molar-refractivity contribution in [2.24, 2.45) is 5.41 Å². The molecule has 5 heterocycles. The van der Waals surface area contributed by atoms with E-state index >= 15 is 4.39 Å². The number of hydrogen-bond donors (Lipinski definition) is 3. The van der Waals surface area contributed by atoms with Crippen molar-refractivity contribution in [3.63, 3.8) is 0 Å². The number of aliphatic hydroxyl groups is 1. The average Bonchev–Trinajstić information content (AvgIpc) is 3.62. The Morgan fingerprint density at radius 3 is 2.75 bits per heavy atom. The zero-order valence-electron chi connectivity index (χ0n) is 21.8. The first-order chi connectivity index (χ1) is 19.3. The fraction of sp³-hybridized carbons (Fsp3) is 0.345. The van der Waals surface area contributed by atoms with E-state index in [0.29, 0.717) is 35.8 Å². The van der Waals surface area contributed by atoms with Crippen LogP contribution in [-0.2, 0) is 4.79 Å². The Morgan fingerprint density at radius 2 is 2.00 bits per heavy atom. The normalized spacial score (nSPS) is 23.0. The summed E-state index contributed by atoms with van der Waals surface area (Å²) in [6, 6.07) is 7.59. The van der Waals surface area contributed by atoms with E-state index in [1.54, 1.807) is 24.7 Å². The number of carbonyl (C=O) groups excluding carboxylic acids is 2. The molecule has 3 aromatic heterocycles. The Hall–Kier alpha value is -4.38. The van der Waals surface area contributed by atoms with Gasteiger partial charge < -0.3 is 21.1 Å². The van der Waals surface area contributed by atoms with E-state index < -0.39 is 23.2 Å². The van der Waals surface area contributed by atoms with E-state index in [2.05, 4.69) is 15.3 Å². The smallest absolute Gasteiger partial charge is 0.256 e. The Kier molecular flexibility index (Phi) is 5.43. The summed E-state index contributed by atoms with van der Waals surface area (Å²) in [7, 11) is 0. The molecule has 2 amide bonds. The zero-order chi connectivity index (χ0) is 27.8. The standard InChI is InChI=1S/C29H28FN7O3/c1-15-6-9-32-21(12-15)34-27(39)16-2-4-18(19(30)13-16)22-23-25(31)33-10-11-36(23)26(35-22)17-3-5-20-24(38)29(7-8-29)28(40)37(20)14-17/h2,4,6,9-13,17,20,24,38H,3,5,7-8,14H2,1H3,(H2,31,33)(H,32,34,39)/t17-,20+,24?/m1/s1. The lowest BCUT2D eigenvalue weighted by molar-refractivity contribution is -0.134. The van der Waals surface area contributed by atoms with Gasteiger partial charge in [0.1, 0.15) is 34.5 Å². The first kappa shape index (κ1) is 24.6. The number of nitrogens with one attached hydrogen (secondary N) is 1. The maximum atomic E-state index is 15.6. The predicted octanol–water partition coefficient (Wildman–Crippen LogP) is 3.30. The largest absolute Gasteiger partial charge is 0.390 e. The van der Waals surface area contributed by atoms with Crippen LogP contribution in [0.5, 0.6) is 0 Å². The molecule has 7 rings (SSSR count). The van der Waals surface area contributed by atoms with Gasteiger partial charge in [-0.1, -0.05) is 0 Å². The lowest BCUT2D eigenvalue weighted by Crippen LogP contribution is -2.44. The summed E-state index contributed by atoms with van der Waals surface area (Å²) in [4.78, 5) is 40.9. The Balaban J connectivity index is 1.22. The molecule has 2 aliphatic heterocycles. The van der Waals surface area contributed by atoms with E-state index in [0.717, 1.165) is 24.8 Å². The fourth-order valence-electron chi connectivity index (χ4n) is 6.39. The number of nitrogens with zero attached hydrogens (tertiary/aromatic N) is 5. The van der Waals surface area contributed by atoms with Crippen molar-refractivity contribution in [2.75, 3.05) is 17.6 Å². The molecule has 40 heavy (non-hydrogen) atoms. The van der Waals surface area contributed by atoms with Gasteiger partial charge in [-0.05, 0) is 68.5 Å². The minimum absolute atomic E-state index is 0.0257. The number of nitrogens with two attached hydrogens (primary N) is 1. The van der Waals surface area contributed by atoms with Gasteiger partial charge in [-0.2, -0.15) is 0 Å². The Morgan fingerprint density at radius 1 is 1.18 bits per heavy atom. The third-order valence-corrected chi connectivity index (χ3v) is 8.65. The number of aromatic nitrogens is 4. The molecule has 1 saturated carbocycles. The van der Waals surface area contributed by atoms with E-state index in [1.165, 1.54) is 18.2 Å². The number of aryl methyl sites for hydroxylation is 1. The Labute approximate surface area is 229 Å². The summed E-state index contributed by atoms with van der Waals surface area (Å²) in [5, 5.41) is 13.5. The van der Waals surface area contributed by atoms with Crippen molar-refractivity contribution in [1.82, 2.24) is 24.3 Å². The highest BCUT2D eigenvalue weighted by atomic mass is 19.1. The number of nitrogen functional groups attached to an aromatic ring is 1. The molecule has 11 heteroatoms. The molecule has 2 saturated heterocycles. The van der Waals surface area contributed by atoms with Gasteiger partial charge in [0.2, 0.25) is 5.91 Å². The number of piperidine rings is 1. The zero-order valence-corrected chi connectivity index (χ0v) is 21.8. The van der Waals surface area contributed by atoms with Crippen molar-refractivity contribution in [3.8, 4) is 11.3 Å². The molecule has 3 fully saturated rings. The van der Waals surface area contributed by atoms with Crippen molar-refractivity contribution in [1.29, 1.82) is 0 Å². The highest BCUT2D eigenvalue weighted by Crippen LogP contribution is 2.58. The van der Waals surface area contributed by atoms with E-state index in [1.807, 2.05) is 22.3 Å². The highest BCUT2D eigenvalue weighted by Gasteiger charge is 2.66. The second kappa shape index (κ2) is 8.82. The third-order valence-electron chi connectivity index (χ3n) is 8.65. The number of carbonyl (C=O) groups is 2. The van der Waals surface area contributed by atoms with Crippen LogP contribution in [0.2, 0.25) is 0 Å². The summed E-state index contributed by atoms with van der Waals surface area (Å²) in [5.74, 6) is 0.0192. The quantitative estimate of drug-likeness (QED) is 0.360. The molecule has 10 nitrogen and oxygen atoms in total. The summed E-state index contributed by atoms with van der Waals surface area (Å²) < 4.78 is 17.4. The van der Waals surface area contributed by atoms with Gasteiger partial charge in [-0.25, -0.2) is 19.3 Å². The van der Waals surface area contributed by atoms with E-state index in [9.17, 15) is 14.7 Å². The average molecular weight is 542 g/mol. The van der Waals surface area contributed by atoms with Gasteiger partial charge in [-0.3, -0.25) is 14.0 Å². The van der Waals surface area contributed by atoms with Crippen molar-refractivity contribution in [2.45, 2.75) is 50.7 Å². The van der Waals surface area contributed by atoms with Crippen LogP contribution in [0.1, 0.15) is 53.3 Å². The number of rotatable bonds is 4. The van der Waals surface area contributed by atoms with Crippen molar-refractivity contribution in [3.05, 3.63) is 71.7 Å². The first-order valence-corrected chi connectivity index (χ1v) is 13.4. The lowest BCUT2D eigenvalue weighted by Gasteiger charge is -2.35. The molecule has 1 unspecified atom stereocenters. The number of fused-ring (bicyclic) bond motifs is 2. The monoisotopic (exact) mass is 541 g/mol. The third kappa shape index (κ3) is 3.68. The predicted molar refractivity (Wildman–Crippen MR) is 145 cm³/mol. The first-order valence-electron chi connectivity index (χ1n) is 13.4. The number of imidazole rings is 1. The number of benzene rings is 1. The molecule has 0 radical (unpaired) electrons. The molecule has 204 valence electrons. The van der Waals surface area contributed by atoms with Gasteiger partial charge in [0.25, 0.3) is 5.91 Å². The minimum atomic E-state index is -0.628. The molecule has 1 aromatic carbocycles. The molecular weight excluding hydrogens is 513 g/mol. The van der Waals surface area contributed by atoms with Gasteiger partial charge in [0, 0.05) is 42.2 Å². The van der Waals surface area contributed by atoms with Crippen LogP contribution in [0.4, 0.5) is 16.0 Å².